The molecule has 0 aromatic heterocycles. The van der Waals surface area contributed by atoms with Gasteiger partial charge >= 0.3 is 6.23 Å². The molecule has 0 radical (unpaired) electrons. The molecular formula is C6H12N4O14. The van der Waals surface area contributed by atoms with E-state index in [0.29, 0.717) is 0 Å². The van der Waals surface area contributed by atoms with Gasteiger partial charge in [0.15, 0.2) is 12.2 Å². The van der Waals surface area contributed by atoms with Crippen LogP contribution in [0.2, 0.25) is 0 Å². The number of hydrogen-bond acceptors (Lipinski definition) is 14. The van der Waals surface area contributed by atoms with Crippen LogP contribution in [0.4, 0.5) is 0 Å². The first-order valence-corrected chi connectivity index (χ1v) is 5.47. The molecule has 0 heterocycles. The molecule has 0 aliphatic carbocycles. The van der Waals surface area contributed by atoms with Crippen LogP contribution in [0.5, 0.6) is 0 Å². The van der Waals surface area contributed by atoms with E-state index in [2.05, 4.69) is 14.5 Å². The van der Waals surface area contributed by atoms with Gasteiger partial charge in [-0.1, -0.05) is 0 Å². The Labute approximate surface area is 130 Å². The molecule has 2 unspecified atom stereocenters. The highest BCUT2D eigenvalue weighted by Crippen LogP contribution is 1.96. The Morgan fingerprint density at radius 1 is 0.833 bits per heavy atom. The lowest BCUT2D eigenvalue weighted by Crippen LogP contribution is -2.35. The third kappa shape index (κ3) is 13.8. The van der Waals surface area contributed by atoms with E-state index in [9.17, 15) is 40.5 Å². The first-order valence-electron chi connectivity index (χ1n) is 5.47. The van der Waals surface area contributed by atoms with E-state index in [1.807, 2.05) is 0 Å². The van der Waals surface area contributed by atoms with Gasteiger partial charge in [0.2, 0.25) is 0 Å². The Morgan fingerprint density at radius 2 is 1.25 bits per heavy atom. The molecule has 0 saturated carbocycles. The average molecular weight is 364 g/mol. The van der Waals surface area contributed by atoms with E-state index in [1.54, 1.807) is 0 Å². The summed E-state index contributed by atoms with van der Waals surface area (Å²) in [7, 11) is 0. The van der Waals surface area contributed by atoms with Crippen LogP contribution in [-0.4, -0.2) is 73.8 Å². The van der Waals surface area contributed by atoms with E-state index in [-0.39, 0.29) is 0 Å². The third-order valence-corrected chi connectivity index (χ3v) is 1.71. The number of aliphatic hydroxyl groups excluding tert-OH is 3. The van der Waals surface area contributed by atoms with Crippen LogP contribution in [0.1, 0.15) is 0 Å². The number of nitrogens with zero attached hydrogens (tertiary/aromatic N) is 4. The van der Waals surface area contributed by atoms with Crippen molar-refractivity contribution in [3.05, 3.63) is 40.5 Å². The smallest absolute Gasteiger partial charge is 0.341 e. The zero-order chi connectivity index (χ0) is 19.3. The Hall–Kier alpha value is -3.12. The van der Waals surface area contributed by atoms with E-state index >= 15 is 0 Å². The highest BCUT2D eigenvalue weighted by atomic mass is 17.0. The largest absolute Gasteiger partial charge is 0.393 e. The molecule has 0 aromatic carbocycles. The normalized spacial score (nSPS) is 12.2. The second kappa shape index (κ2) is 12.4. The molecule has 0 bridgehead atoms. The zero-order valence-corrected chi connectivity index (χ0v) is 11.5. The van der Waals surface area contributed by atoms with Gasteiger partial charge in [0.1, 0.15) is 13.2 Å². The van der Waals surface area contributed by atoms with E-state index in [4.69, 9.17) is 15.3 Å². The van der Waals surface area contributed by atoms with Gasteiger partial charge in [-0.05, 0) is 0 Å². The van der Waals surface area contributed by atoms with Crippen LogP contribution in [0, 0.1) is 40.5 Å². The predicted molar refractivity (Wildman–Crippen MR) is 63.9 cm³/mol. The summed E-state index contributed by atoms with van der Waals surface area (Å²) in [6, 6.07) is 0. The summed E-state index contributed by atoms with van der Waals surface area (Å²) in [5.74, 6) is 0. The number of nitro groups is 1. The van der Waals surface area contributed by atoms with Gasteiger partial charge in [0, 0.05) is 0 Å². The molecule has 0 fully saturated rings. The first kappa shape index (κ1) is 23.2. The Balaban J connectivity index is 0. The quantitative estimate of drug-likeness (QED) is 0.186. The van der Waals surface area contributed by atoms with Gasteiger partial charge in [-0.2, -0.15) is 0 Å². The standard InChI is InChI=1S/C3H5N3O9.C3H7NO5/c7-4(8)13-1-3(15-6(11)12)2-14-5(9)10;5-1-2(6)3(7)4(8)9/h3H,1-2H2;2-3,5-7H,1H2. The molecule has 0 aliphatic rings. The summed E-state index contributed by atoms with van der Waals surface area (Å²) in [5.41, 5.74) is 0. The lowest BCUT2D eigenvalue weighted by atomic mass is 10.3. The van der Waals surface area contributed by atoms with Crippen LogP contribution >= 0.6 is 0 Å². The summed E-state index contributed by atoms with van der Waals surface area (Å²) >= 11 is 0. The second-order valence-corrected chi connectivity index (χ2v) is 3.44. The lowest BCUT2D eigenvalue weighted by Gasteiger charge is -2.11. The highest BCUT2D eigenvalue weighted by molar-refractivity contribution is 4.52. The number of aliphatic hydroxyl groups is 3. The maximum absolute atomic E-state index is 9.83. The fourth-order valence-electron chi connectivity index (χ4n) is 0.753. The van der Waals surface area contributed by atoms with Crippen LogP contribution < -0.4 is 0 Å². The zero-order valence-electron chi connectivity index (χ0n) is 11.5. The van der Waals surface area contributed by atoms with Crippen LogP contribution in [-0.2, 0) is 14.5 Å². The molecule has 140 valence electrons. The Kier molecular flexibility index (Phi) is 12.0. The predicted octanol–water partition coefficient (Wildman–Crippen LogP) is -3.09. The molecule has 0 aliphatic heterocycles. The molecule has 0 saturated heterocycles. The molecule has 18 heteroatoms. The molecule has 0 amide bonds. The second-order valence-electron chi connectivity index (χ2n) is 3.44. The van der Waals surface area contributed by atoms with Gasteiger partial charge in [-0.3, -0.25) is 10.1 Å². The van der Waals surface area contributed by atoms with E-state index in [1.165, 1.54) is 0 Å². The number of hydrogen-bond donors (Lipinski definition) is 3. The third-order valence-electron chi connectivity index (χ3n) is 1.71. The minimum atomic E-state index is -2.09. The van der Waals surface area contributed by atoms with Crippen molar-refractivity contribution in [3.63, 3.8) is 0 Å². The molecule has 0 spiro atoms. The summed E-state index contributed by atoms with van der Waals surface area (Å²) in [6.45, 7) is -2.51. The first-order chi connectivity index (χ1) is 11.0. The maximum atomic E-state index is 9.83. The van der Waals surface area contributed by atoms with E-state index < -0.39 is 58.4 Å². The van der Waals surface area contributed by atoms with Crippen LogP contribution in [0.3, 0.4) is 0 Å². The van der Waals surface area contributed by atoms with Crippen molar-refractivity contribution in [2.24, 2.45) is 0 Å². The molecule has 0 aromatic rings. The number of rotatable bonds is 11. The summed E-state index contributed by atoms with van der Waals surface area (Å²) in [5, 5.41) is 59.8. The summed E-state index contributed by atoms with van der Waals surface area (Å²) in [4.78, 5) is 49.0. The molecule has 2 atom stereocenters. The van der Waals surface area contributed by atoms with Crippen molar-refractivity contribution in [2.45, 2.75) is 18.4 Å². The van der Waals surface area contributed by atoms with Gasteiger partial charge < -0.3 is 29.8 Å². The fraction of sp³-hybridized carbons (Fsp3) is 1.00. The van der Waals surface area contributed by atoms with Gasteiger partial charge in [-0.25, -0.2) is 0 Å². The lowest BCUT2D eigenvalue weighted by molar-refractivity contribution is -0.803. The van der Waals surface area contributed by atoms with Crippen LogP contribution in [0.25, 0.3) is 0 Å². The van der Waals surface area contributed by atoms with Gasteiger partial charge in [0.05, 0.1) is 11.5 Å². The topological polar surface area (TPSA) is 261 Å². The Bertz CT molecular complexity index is 411. The monoisotopic (exact) mass is 364 g/mol. The molecule has 3 N–H and O–H groups in total. The van der Waals surface area contributed by atoms with E-state index in [0.717, 1.165) is 0 Å². The van der Waals surface area contributed by atoms with Crippen molar-refractivity contribution >= 4 is 0 Å². The Morgan fingerprint density at radius 3 is 1.46 bits per heavy atom. The summed E-state index contributed by atoms with van der Waals surface area (Å²) in [6.07, 6.45) is -5.33. The molecule has 18 nitrogen and oxygen atoms in total. The van der Waals surface area contributed by atoms with Crippen molar-refractivity contribution in [1.82, 2.24) is 0 Å². The average Bonchev–Trinajstić information content (AvgIpc) is 2.48. The van der Waals surface area contributed by atoms with Gasteiger partial charge in [0.25, 0.3) is 15.3 Å². The fourth-order valence-corrected chi connectivity index (χ4v) is 0.753. The molecule has 24 heavy (non-hydrogen) atoms. The van der Waals surface area contributed by atoms with Crippen molar-refractivity contribution in [1.29, 1.82) is 0 Å². The minimum absolute atomic E-state index is 0.817. The van der Waals surface area contributed by atoms with Crippen molar-refractivity contribution < 1.29 is 50.0 Å². The maximum Gasteiger partial charge on any atom is 0.341 e. The summed E-state index contributed by atoms with van der Waals surface area (Å²) < 4.78 is 0. The van der Waals surface area contributed by atoms with Crippen molar-refractivity contribution in [2.75, 3.05) is 19.8 Å². The minimum Gasteiger partial charge on any atom is -0.393 e. The molecular weight excluding hydrogens is 352 g/mol. The van der Waals surface area contributed by atoms with Crippen LogP contribution in [0.15, 0.2) is 0 Å². The van der Waals surface area contributed by atoms with Gasteiger partial charge in [-0.15, -0.1) is 30.3 Å². The van der Waals surface area contributed by atoms with Crippen molar-refractivity contribution in [3.8, 4) is 0 Å². The highest BCUT2D eigenvalue weighted by Gasteiger charge is 2.25. The SMILES string of the molecule is O=[N+]([O-])C(O)C(O)CO.O=[N+]([O-])OCC(CO[N+](=O)[O-])O[N+](=O)[O-]. The molecule has 0 rings (SSSR count).